The Labute approximate surface area is 228 Å². The molecular formula is C29H24N4O5S. The van der Waals surface area contributed by atoms with Crippen LogP contribution in [-0.2, 0) is 9.53 Å². The Morgan fingerprint density at radius 1 is 0.846 bits per heavy atom. The van der Waals surface area contributed by atoms with Gasteiger partial charge < -0.3 is 18.9 Å². The van der Waals surface area contributed by atoms with Gasteiger partial charge in [0, 0.05) is 16.0 Å². The van der Waals surface area contributed by atoms with Gasteiger partial charge in [-0.25, -0.2) is 9.78 Å². The van der Waals surface area contributed by atoms with Crippen molar-refractivity contribution >= 4 is 23.6 Å². The van der Waals surface area contributed by atoms with Gasteiger partial charge in [0.2, 0.25) is 11.9 Å². The monoisotopic (exact) mass is 540 g/mol. The molecule has 0 aliphatic heterocycles. The lowest BCUT2D eigenvalue weighted by molar-refractivity contribution is -0.143. The summed E-state index contributed by atoms with van der Waals surface area (Å²) in [6, 6.07) is 22.9. The third kappa shape index (κ3) is 5.91. The lowest BCUT2D eigenvalue weighted by Gasteiger charge is -2.12. The lowest BCUT2D eigenvalue weighted by Crippen LogP contribution is -2.34. The predicted octanol–water partition coefficient (Wildman–Crippen LogP) is 5.80. The van der Waals surface area contributed by atoms with Crippen molar-refractivity contribution in [2.45, 2.75) is 29.9 Å². The largest absolute Gasteiger partial charge is 0.467 e. The quantitative estimate of drug-likeness (QED) is 0.243. The van der Waals surface area contributed by atoms with Crippen LogP contribution in [0.25, 0.3) is 23.0 Å². The Morgan fingerprint density at radius 3 is 2.18 bits per heavy atom. The molecule has 0 aliphatic rings. The third-order valence-corrected chi connectivity index (χ3v) is 6.73. The number of rotatable bonds is 8. The number of hydrogen-bond donors (Lipinski definition) is 1. The van der Waals surface area contributed by atoms with Crippen LogP contribution in [0, 0.1) is 13.8 Å². The number of aryl methyl sites for hydroxylation is 2. The number of hydrogen-bond acceptors (Lipinski definition) is 9. The number of oxazole rings is 1. The summed E-state index contributed by atoms with van der Waals surface area (Å²) in [7, 11) is 1.21. The number of methoxy groups -OCH3 is 1. The first-order chi connectivity index (χ1) is 18.9. The summed E-state index contributed by atoms with van der Waals surface area (Å²) in [5, 5.41) is 11.2. The molecule has 0 aliphatic carbocycles. The highest BCUT2D eigenvalue weighted by molar-refractivity contribution is 7.99. The van der Waals surface area contributed by atoms with Crippen LogP contribution in [0.3, 0.4) is 0 Å². The number of carbonyl (C=O) groups is 2. The molecule has 0 saturated carbocycles. The number of nitrogens with zero attached hydrogens (tertiary/aromatic N) is 3. The van der Waals surface area contributed by atoms with Crippen LogP contribution in [0.2, 0.25) is 0 Å². The van der Waals surface area contributed by atoms with Crippen LogP contribution >= 0.6 is 11.8 Å². The second kappa shape index (κ2) is 11.4. The molecule has 5 rings (SSSR count). The number of amides is 1. The third-order valence-electron chi connectivity index (χ3n) is 5.76. The van der Waals surface area contributed by atoms with Crippen molar-refractivity contribution < 1.29 is 23.2 Å². The van der Waals surface area contributed by atoms with Crippen LogP contribution in [0.5, 0.6) is 0 Å². The van der Waals surface area contributed by atoms with Gasteiger partial charge in [-0.3, -0.25) is 4.79 Å². The van der Waals surface area contributed by atoms with Crippen molar-refractivity contribution in [2.75, 3.05) is 7.11 Å². The zero-order valence-electron chi connectivity index (χ0n) is 21.4. The number of carbonyl (C=O) groups excluding carboxylic acids is 2. The summed E-state index contributed by atoms with van der Waals surface area (Å²) < 4.78 is 16.9. The maximum absolute atomic E-state index is 12.8. The molecule has 2 aromatic heterocycles. The van der Waals surface area contributed by atoms with E-state index in [4.69, 9.17) is 13.6 Å². The molecule has 196 valence electrons. The van der Waals surface area contributed by atoms with Crippen molar-refractivity contribution in [3.8, 4) is 23.0 Å². The molecule has 2 heterocycles. The van der Waals surface area contributed by atoms with E-state index < -0.39 is 17.9 Å². The van der Waals surface area contributed by atoms with Gasteiger partial charge in [-0.05, 0) is 62.0 Å². The molecule has 1 N–H and O–H groups in total. The minimum absolute atomic E-state index is 0.0320. The summed E-state index contributed by atoms with van der Waals surface area (Å²) in [6.07, 6.45) is 0. The molecule has 5 aromatic rings. The molecule has 10 heteroatoms. The Hall–Kier alpha value is -4.70. The highest BCUT2D eigenvalue weighted by atomic mass is 32.2. The van der Waals surface area contributed by atoms with Gasteiger partial charge in [0.05, 0.1) is 7.11 Å². The fourth-order valence-electron chi connectivity index (χ4n) is 3.63. The minimum Gasteiger partial charge on any atom is -0.467 e. The molecule has 39 heavy (non-hydrogen) atoms. The molecular weight excluding hydrogens is 516 g/mol. The number of aromatic nitrogens is 3. The highest BCUT2D eigenvalue weighted by Gasteiger charge is 2.31. The van der Waals surface area contributed by atoms with Gasteiger partial charge in [-0.2, -0.15) is 0 Å². The minimum atomic E-state index is -1.32. The first-order valence-electron chi connectivity index (χ1n) is 12.0. The van der Waals surface area contributed by atoms with E-state index in [2.05, 4.69) is 20.5 Å². The average Bonchev–Trinajstić information content (AvgIpc) is 3.61. The van der Waals surface area contributed by atoms with E-state index in [-0.39, 0.29) is 11.8 Å². The number of benzene rings is 3. The molecule has 0 bridgehead atoms. The summed E-state index contributed by atoms with van der Waals surface area (Å²) in [5.74, 6) is -0.994. The van der Waals surface area contributed by atoms with Crippen LogP contribution in [0.15, 0.2) is 97.7 Å². The first-order valence-corrected chi connectivity index (χ1v) is 12.8. The maximum Gasteiger partial charge on any atom is 0.338 e. The van der Waals surface area contributed by atoms with Gasteiger partial charge in [-0.15, -0.1) is 10.2 Å². The van der Waals surface area contributed by atoms with Crippen LogP contribution < -0.4 is 5.32 Å². The van der Waals surface area contributed by atoms with Crippen LogP contribution in [-0.4, -0.2) is 34.2 Å². The average molecular weight is 541 g/mol. The number of esters is 1. The van der Waals surface area contributed by atoms with Crippen molar-refractivity contribution in [3.63, 3.8) is 0 Å². The second-order valence-electron chi connectivity index (χ2n) is 8.68. The lowest BCUT2D eigenvalue weighted by atomic mass is 10.1. The Kier molecular flexibility index (Phi) is 7.55. The van der Waals surface area contributed by atoms with E-state index in [0.29, 0.717) is 22.2 Å². The van der Waals surface area contributed by atoms with E-state index in [1.54, 1.807) is 30.3 Å². The van der Waals surface area contributed by atoms with Crippen LogP contribution in [0.1, 0.15) is 33.4 Å². The van der Waals surface area contributed by atoms with Gasteiger partial charge in [0.15, 0.2) is 10.8 Å². The number of nitrogens with one attached hydrogen (secondary N) is 1. The van der Waals surface area contributed by atoms with Crippen molar-refractivity contribution in [1.82, 2.24) is 20.5 Å². The van der Waals surface area contributed by atoms with E-state index in [9.17, 15) is 9.59 Å². The summed E-state index contributed by atoms with van der Waals surface area (Å²) in [4.78, 5) is 30.9. The van der Waals surface area contributed by atoms with E-state index in [1.165, 1.54) is 18.9 Å². The molecule has 0 unspecified atom stereocenters. The van der Waals surface area contributed by atoms with Gasteiger partial charge in [0.1, 0.15) is 0 Å². The van der Waals surface area contributed by atoms with Crippen molar-refractivity contribution in [2.24, 2.45) is 0 Å². The van der Waals surface area contributed by atoms with Gasteiger partial charge >= 0.3 is 5.97 Å². The molecule has 0 fully saturated rings. The normalized spacial score (nSPS) is 11.7. The zero-order valence-corrected chi connectivity index (χ0v) is 22.2. The molecule has 9 nitrogen and oxygen atoms in total. The SMILES string of the molecule is COC(=O)[C@@H](NC(=O)c1ccccc1)c1nnc(-c2nc(-c3ccc(C)cc3)oc2Sc2ccc(C)cc2)o1. The maximum atomic E-state index is 12.8. The Balaban J connectivity index is 1.50. The molecule has 3 aromatic carbocycles. The standard InChI is InChI=1S/C29H24N4O5S/c1-17-9-13-20(14-10-17)25-31-23(29(38-25)39-21-15-11-18(2)12-16-21)27-33-32-26(37-27)22(28(35)36-3)30-24(34)19-7-5-4-6-8-19/h4-16,22H,1-3H3,(H,30,34)/t22-/m0/s1. The molecule has 1 atom stereocenters. The van der Waals surface area contributed by atoms with Gasteiger partial charge in [-0.1, -0.05) is 53.6 Å². The fraction of sp³-hybridized carbons (Fsp3) is 0.138. The Morgan fingerprint density at radius 2 is 1.51 bits per heavy atom. The van der Waals surface area contributed by atoms with E-state index >= 15 is 0 Å². The van der Waals surface area contributed by atoms with E-state index in [1.807, 2.05) is 62.4 Å². The molecule has 1 amide bonds. The second-order valence-corrected chi connectivity index (χ2v) is 9.72. The topological polar surface area (TPSA) is 120 Å². The summed E-state index contributed by atoms with van der Waals surface area (Å²) in [5.41, 5.74) is 3.69. The summed E-state index contributed by atoms with van der Waals surface area (Å²) in [6.45, 7) is 4.01. The molecule has 0 saturated heterocycles. The van der Waals surface area contributed by atoms with Crippen LogP contribution in [0.4, 0.5) is 0 Å². The highest BCUT2D eigenvalue weighted by Crippen LogP contribution is 2.39. The zero-order chi connectivity index (χ0) is 27.4. The first kappa shape index (κ1) is 25.9. The van der Waals surface area contributed by atoms with Crippen molar-refractivity contribution in [1.29, 1.82) is 0 Å². The van der Waals surface area contributed by atoms with Crippen molar-refractivity contribution in [3.05, 3.63) is 101 Å². The molecule has 0 radical (unpaired) electrons. The Bertz CT molecular complexity index is 1600. The fourth-order valence-corrected chi connectivity index (χ4v) is 4.47. The number of ether oxygens (including phenoxy) is 1. The summed E-state index contributed by atoms with van der Waals surface area (Å²) >= 11 is 1.35. The smallest absolute Gasteiger partial charge is 0.338 e. The van der Waals surface area contributed by atoms with Gasteiger partial charge in [0.25, 0.3) is 17.7 Å². The predicted molar refractivity (Wildman–Crippen MR) is 144 cm³/mol. The van der Waals surface area contributed by atoms with E-state index in [0.717, 1.165) is 21.6 Å². The molecule has 0 spiro atoms.